The SMILES string of the molecule is COc1ccc(S(=O)(=O)N2CCOCC2)cc1NC(=O)[C@@H]1CN(S(C)(=O)=O)c2cc(Cl)ccc2O1. The van der Waals surface area contributed by atoms with Gasteiger partial charge in [-0.3, -0.25) is 9.10 Å². The Balaban J connectivity index is 1.62. The van der Waals surface area contributed by atoms with E-state index in [4.69, 9.17) is 25.8 Å². The molecule has 1 atom stereocenters. The van der Waals surface area contributed by atoms with E-state index in [0.29, 0.717) is 18.2 Å². The van der Waals surface area contributed by atoms with Crippen LogP contribution >= 0.6 is 11.6 Å². The maximum absolute atomic E-state index is 13.1. The van der Waals surface area contributed by atoms with Crippen LogP contribution in [0.15, 0.2) is 41.3 Å². The first-order valence-corrected chi connectivity index (χ1v) is 14.2. The standard InChI is InChI=1S/C21H24ClN3O8S2/c1-31-18-6-4-15(35(29,30)24-7-9-32-10-8-24)12-16(18)23-21(26)20-13-25(34(2,27)28)17-11-14(22)3-5-19(17)33-20/h3-6,11-12,20H,7-10,13H2,1-2H3,(H,23,26)/t20-/m0/s1. The lowest BCUT2D eigenvalue weighted by Crippen LogP contribution is -2.48. The maximum Gasteiger partial charge on any atom is 0.267 e. The number of halogens is 1. The molecule has 0 spiro atoms. The third kappa shape index (κ3) is 5.33. The van der Waals surface area contributed by atoms with Gasteiger partial charge in [0.2, 0.25) is 20.0 Å². The molecule has 1 saturated heterocycles. The zero-order valence-corrected chi connectivity index (χ0v) is 21.3. The molecular formula is C21H24ClN3O8S2. The van der Waals surface area contributed by atoms with Crippen molar-refractivity contribution in [1.29, 1.82) is 0 Å². The molecule has 0 radical (unpaired) electrons. The highest BCUT2D eigenvalue weighted by Crippen LogP contribution is 2.37. The van der Waals surface area contributed by atoms with Gasteiger partial charge >= 0.3 is 0 Å². The van der Waals surface area contributed by atoms with Crippen molar-refractivity contribution in [3.63, 3.8) is 0 Å². The minimum Gasteiger partial charge on any atom is -0.495 e. The Morgan fingerprint density at radius 1 is 1.11 bits per heavy atom. The number of nitrogens with one attached hydrogen (secondary N) is 1. The summed E-state index contributed by atoms with van der Waals surface area (Å²) < 4.78 is 69.5. The molecule has 190 valence electrons. The maximum atomic E-state index is 13.1. The minimum atomic E-state index is -3.83. The van der Waals surface area contributed by atoms with Crippen LogP contribution in [0.2, 0.25) is 5.02 Å². The molecule has 2 aromatic carbocycles. The molecule has 0 bridgehead atoms. The van der Waals surface area contributed by atoms with Crippen LogP contribution in [0.3, 0.4) is 0 Å². The number of morpholine rings is 1. The van der Waals surface area contributed by atoms with Crippen molar-refractivity contribution in [1.82, 2.24) is 4.31 Å². The molecule has 1 amide bonds. The van der Waals surface area contributed by atoms with E-state index in [-0.39, 0.29) is 47.4 Å². The Hall–Kier alpha value is -2.58. The molecule has 1 fully saturated rings. The summed E-state index contributed by atoms with van der Waals surface area (Å²) in [4.78, 5) is 13.1. The van der Waals surface area contributed by atoms with Crippen LogP contribution in [0.5, 0.6) is 11.5 Å². The fourth-order valence-electron chi connectivity index (χ4n) is 3.77. The van der Waals surface area contributed by atoms with E-state index in [1.165, 1.54) is 47.8 Å². The lowest BCUT2D eigenvalue weighted by atomic mass is 10.2. The van der Waals surface area contributed by atoms with Gasteiger partial charge in [0, 0.05) is 18.1 Å². The first kappa shape index (κ1) is 25.5. The van der Waals surface area contributed by atoms with E-state index in [1.807, 2.05) is 0 Å². The first-order valence-electron chi connectivity index (χ1n) is 10.5. The highest BCUT2D eigenvalue weighted by molar-refractivity contribution is 7.92. The smallest absolute Gasteiger partial charge is 0.267 e. The Labute approximate surface area is 208 Å². The van der Waals surface area contributed by atoms with Crippen LogP contribution in [0, 0.1) is 0 Å². The van der Waals surface area contributed by atoms with Gasteiger partial charge in [0.15, 0.2) is 6.10 Å². The Kier molecular flexibility index (Phi) is 7.16. The monoisotopic (exact) mass is 545 g/mol. The highest BCUT2D eigenvalue weighted by atomic mass is 35.5. The summed E-state index contributed by atoms with van der Waals surface area (Å²) in [6.07, 6.45) is -0.205. The van der Waals surface area contributed by atoms with Crippen LogP contribution in [-0.4, -0.2) is 79.4 Å². The van der Waals surface area contributed by atoms with Gasteiger partial charge in [0.05, 0.1) is 49.4 Å². The topological polar surface area (TPSA) is 132 Å². The average molecular weight is 546 g/mol. The van der Waals surface area contributed by atoms with Gasteiger partial charge in [-0.15, -0.1) is 0 Å². The molecule has 2 aliphatic rings. The predicted molar refractivity (Wildman–Crippen MR) is 129 cm³/mol. The Morgan fingerprint density at radius 2 is 1.83 bits per heavy atom. The number of hydrogen-bond acceptors (Lipinski definition) is 8. The van der Waals surface area contributed by atoms with Crippen LogP contribution in [0.1, 0.15) is 0 Å². The van der Waals surface area contributed by atoms with Crippen molar-refractivity contribution in [3.8, 4) is 11.5 Å². The zero-order valence-electron chi connectivity index (χ0n) is 18.9. The number of anilines is 2. The number of carbonyl (C=O) groups is 1. The summed E-state index contributed by atoms with van der Waals surface area (Å²) in [5.41, 5.74) is 0.323. The molecule has 2 heterocycles. The van der Waals surface area contributed by atoms with Crippen molar-refractivity contribution in [2.24, 2.45) is 0 Å². The van der Waals surface area contributed by atoms with E-state index in [2.05, 4.69) is 5.32 Å². The molecule has 11 nitrogen and oxygen atoms in total. The molecule has 2 aliphatic heterocycles. The molecule has 0 saturated carbocycles. The van der Waals surface area contributed by atoms with E-state index in [9.17, 15) is 21.6 Å². The molecule has 1 N–H and O–H groups in total. The first-order chi connectivity index (χ1) is 16.5. The largest absolute Gasteiger partial charge is 0.495 e. The molecule has 0 aliphatic carbocycles. The molecule has 2 aromatic rings. The van der Waals surface area contributed by atoms with Crippen LogP contribution in [-0.2, 0) is 29.6 Å². The number of carbonyl (C=O) groups excluding carboxylic acids is 1. The number of hydrogen-bond donors (Lipinski definition) is 1. The molecule has 35 heavy (non-hydrogen) atoms. The molecule has 0 unspecified atom stereocenters. The van der Waals surface area contributed by atoms with Crippen molar-refractivity contribution in [2.75, 3.05) is 55.8 Å². The highest BCUT2D eigenvalue weighted by Gasteiger charge is 2.36. The number of amides is 1. The summed E-state index contributed by atoms with van der Waals surface area (Å²) in [5.74, 6) is -0.289. The van der Waals surface area contributed by atoms with Gasteiger partial charge in [-0.2, -0.15) is 4.31 Å². The van der Waals surface area contributed by atoms with Crippen LogP contribution in [0.25, 0.3) is 0 Å². The van der Waals surface area contributed by atoms with Crippen LogP contribution in [0.4, 0.5) is 11.4 Å². The van der Waals surface area contributed by atoms with Gasteiger partial charge in [-0.05, 0) is 36.4 Å². The lowest BCUT2D eigenvalue weighted by Gasteiger charge is -2.34. The molecule has 0 aromatic heterocycles. The third-order valence-corrected chi connectivity index (χ3v) is 8.80. The second kappa shape index (κ2) is 9.82. The zero-order chi connectivity index (χ0) is 25.4. The summed E-state index contributed by atoms with van der Waals surface area (Å²) in [5, 5.41) is 2.93. The number of nitrogens with zero attached hydrogens (tertiary/aromatic N) is 2. The number of benzene rings is 2. The number of sulfonamides is 2. The fraction of sp³-hybridized carbons (Fsp3) is 0.381. The lowest BCUT2D eigenvalue weighted by molar-refractivity contribution is -0.122. The molecule has 4 rings (SSSR count). The van der Waals surface area contributed by atoms with Gasteiger partial charge < -0.3 is 19.5 Å². The minimum absolute atomic E-state index is 0.0298. The van der Waals surface area contributed by atoms with E-state index in [1.54, 1.807) is 0 Å². The van der Waals surface area contributed by atoms with Gasteiger partial charge in [-0.25, -0.2) is 16.8 Å². The second-order valence-corrected chi connectivity index (χ2v) is 12.2. The summed E-state index contributed by atoms with van der Waals surface area (Å²) in [6.45, 7) is 0.725. The average Bonchev–Trinajstić information content (AvgIpc) is 2.83. The summed E-state index contributed by atoms with van der Waals surface area (Å²) >= 11 is 6.01. The van der Waals surface area contributed by atoms with E-state index >= 15 is 0 Å². The fourth-order valence-corrected chi connectivity index (χ4v) is 6.28. The van der Waals surface area contributed by atoms with E-state index in [0.717, 1.165) is 10.6 Å². The summed E-state index contributed by atoms with van der Waals surface area (Å²) in [7, 11) is -6.20. The van der Waals surface area contributed by atoms with Crippen molar-refractivity contribution >= 4 is 48.9 Å². The third-order valence-electron chi connectivity index (χ3n) is 5.52. The van der Waals surface area contributed by atoms with Crippen molar-refractivity contribution < 1.29 is 35.8 Å². The quantitative estimate of drug-likeness (QED) is 0.578. The summed E-state index contributed by atoms with van der Waals surface area (Å²) in [6, 6.07) is 8.56. The predicted octanol–water partition coefficient (Wildman–Crippen LogP) is 1.54. The Morgan fingerprint density at radius 3 is 2.49 bits per heavy atom. The van der Waals surface area contributed by atoms with Gasteiger partial charge in [0.1, 0.15) is 11.5 Å². The van der Waals surface area contributed by atoms with Crippen molar-refractivity contribution in [2.45, 2.75) is 11.0 Å². The molecular weight excluding hydrogens is 522 g/mol. The van der Waals surface area contributed by atoms with Crippen LogP contribution < -0.4 is 19.1 Å². The normalized spacial score (nSPS) is 18.9. The number of ether oxygens (including phenoxy) is 3. The van der Waals surface area contributed by atoms with E-state index < -0.39 is 32.1 Å². The Bertz CT molecular complexity index is 1340. The number of rotatable bonds is 6. The number of methoxy groups -OCH3 is 1. The number of fused-ring (bicyclic) bond motifs is 1. The second-order valence-electron chi connectivity index (χ2n) is 7.88. The van der Waals surface area contributed by atoms with Crippen molar-refractivity contribution in [3.05, 3.63) is 41.4 Å². The van der Waals surface area contributed by atoms with Gasteiger partial charge in [-0.1, -0.05) is 11.6 Å². The molecule has 14 heteroatoms. The van der Waals surface area contributed by atoms with Gasteiger partial charge in [0.25, 0.3) is 5.91 Å².